The molecule has 2 aromatic carbocycles. The summed E-state index contributed by atoms with van der Waals surface area (Å²) in [5.41, 5.74) is 5.43. The zero-order chi connectivity index (χ0) is 13.9. The lowest BCUT2D eigenvalue weighted by molar-refractivity contribution is 1.25. The molecule has 0 saturated heterocycles. The fourth-order valence-electron chi connectivity index (χ4n) is 2.27. The predicted octanol–water partition coefficient (Wildman–Crippen LogP) is 4.09. The molecule has 0 fully saturated rings. The summed E-state index contributed by atoms with van der Waals surface area (Å²) in [4.78, 5) is 8.10. The summed E-state index contributed by atoms with van der Waals surface area (Å²) in [5.74, 6) is 0.906. The van der Waals surface area contributed by atoms with Crippen LogP contribution in [0.3, 0.4) is 0 Å². The van der Waals surface area contributed by atoms with Crippen LogP contribution in [0.5, 0.6) is 0 Å². The minimum absolute atomic E-state index is 0.906. The van der Waals surface area contributed by atoms with Crippen LogP contribution in [0, 0.1) is 6.92 Å². The number of imidazole rings is 1. The van der Waals surface area contributed by atoms with Crippen LogP contribution in [0.2, 0.25) is 0 Å². The molecule has 20 heavy (non-hydrogen) atoms. The molecule has 2 N–H and O–H groups in total. The molecule has 0 aliphatic carbocycles. The Morgan fingerprint density at radius 1 is 0.900 bits per heavy atom. The Balaban J connectivity index is 2.00. The summed E-state index contributed by atoms with van der Waals surface area (Å²) in [5, 5.41) is 3.12. The third kappa shape index (κ3) is 2.30. The van der Waals surface area contributed by atoms with Gasteiger partial charge in [0.2, 0.25) is 0 Å². The molecule has 3 aromatic rings. The molecular formula is C17H17N3. The van der Waals surface area contributed by atoms with Crippen molar-refractivity contribution in [1.29, 1.82) is 0 Å². The molecule has 3 nitrogen and oxygen atoms in total. The summed E-state index contributed by atoms with van der Waals surface area (Å²) < 4.78 is 0. The van der Waals surface area contributed by atoms with Gasteiger partial charge in [0, 0.05) is 29.6 Å². The molecular weight excluding hydrogens is 246 g/mol. The van der Waals surface area contributed by atoms with Crippen LogP contribution in [0.1, 0.15) is 5.69 Å². The highest BCUT2D eigenvalue weighted by molar-refractivity contribution is 5.68. The first kappa shape index (κ1) is 12.5. The molecule has 1 aromatic heterocycles. The average Bonchev–Trinajstić information content (AvgIpc) is 2.90. The maximum atomic E-state index is 4.73. The van der Waals surface area contributed by atoms with E-state index in [4.69, 9.17) is 4.98 Å². The smallest absolute Gasteiger partial charge is 0.138 e. The molecule has 0 atom stereocenters. The van der Waals surface area contributed by atoms with Gasteiger partial charge in [0.05, 0.1) is 5.69 Å². The van der Waals surface area contributed by atoms with Crippen molar-refractivity contribution >= 4 is 5.69 Å². The number of nitrogens with one attached hydrogen (secondary N) is 2. The van der Waals surface area contributed by atoms with E-state index in [2.05, 4.69) is 53.6 Å². The van der Waals surface area contributed by atoms with Gasteiger partial charge in [-0.05, 0) is 31.2 Å². The number of nitrogens with zero attached hydrogens (tertiary/aromatic N) is 1. The highest BCUT2D eigenvalue weighted by Gasteiger charge is 2.09. The fourth-order valence-corrected chi connectivity index (χ4v) is 2.27. The van der Waals surface area contributed by atoms with Crippen LogP contribution in [-0.4, -0.2) is 17.0 Å². The normalized spacial score (nSPS) is 10.5. The monoisotopic (exact) mass is 263 g/mol. The summed E-state index contributed by atoms with van der Waals surface area (Å²) in [7, 11) is 1.92. The first-order valence-corrected chi connectivity index (χ1v) is 6.68. The van der Waals surface area contributed by atoms with Crippen LogP contribution < -0.4 is 5.32 Å². The predicted molar refractivity (Wildman–Crippen MR) is 83.7 cm³/mol. The minimum atomic E-state index is 0.906. The average molecular weight is 263 g/mol. The standard InChI is InChI=1S/C17H17N3/c1-12-16(13-6-4-3-5-7-13)20-17(19-12)14-8-10-15(18-2)11-9-14/h3-11,18H,1-2H3,(H,19,20). The molecule has 3 rings (SSSR count). The minimum Gasteiger partial charge on any atom is -0.388 e. The van der Waals surface area contributed by atoms with Crippen LogP contribution in [-0.2, 0) is 0 Å². The third-order valence-electron chi connectivity index (χ3n) is 3.38. The Bertz CT molecular complexity index is 697. The van der Waals surface area contributed by atoms with Gasteiger partial charge in [0.25, 0.3) is 0 Å². The summed E-state index contributed by atoms with van der Waals surface area (Å²) >= 11 is 0. The van der Waals surface area contributed by atoms with Gasteiger partial charge < -0.3 is 10.3 Å². The lowest BCUT2D eigenvalue weighted by Crippen LogP contribution is -1.87. The number of rotatable bonds is 3. The highest BCUT2D eigenvalue weighted by Crippen LogP contribution is 2.26. The summed E-state index contributed by atoms with van der Waals surface area (Å²) in [6.07, 6.45) is 0. The number of hydrogen-bond acceptors (Lipinski definition) is 2. The van der Waals surface area contributed by atoms with E-state index in [9.17, 15) is 0 Å². The maximum absolute atomic E-state index is 4.73. The van der Waals surface area contributed by atoms with Gasteiger partial charge in [-0.1, -0.05) is 30.3 Å². The number of aryl methyl sites for hydroxylation is 1. The van der Waals surface area contributed by atoms with Crippen molar-refractivity contribution in [2.45, 2.75) is 6.92 Å². The Labute approximate surface area is 118 Å². The van der Waals surface area contributed by atoms with Crippen molar-refractivity contribution < 1.29 is 0 Å². The van der Waals surface area contributed by atoms with E-state index in [0.29, 0.717) is 0 Å². The van der Waals surface area contributed by atoms with Crippen molar-refractivity contribution in [1.82, 2.24) is 9.97 Å². The van der Waals surface area contributed by atoms with Gasteiger partial charge in [-0.3, -0.25) is 0 Å². The molecule has 0 spiro atoms. The van der Waals surface area contributed by atoms with E-state index in [1.165, 1.54) is 0 Å². The van der Waals surface area contributed by atoms with E-state index in [-0.39, 0.29) is 0 Å². The third-order valence-corrected chi connectivity index (χ3v) is 3.38. The van der Waals surface area contributed by atoms with Crippen molar-refractivity contribution in [3.8, 4) is 22.6 Å². The summed E-state index contributed by atoms with van der Waals surface area (Å²) in [6, 6.07) is 18.5. The fraction of sp³-hybridized carbons (Fsp3) is 0.118. The van der Waals surface area contributed by atoms with Crippen molar-refractivity contribution in [2.24, 2.45) is 0 Å². The number of anilines is 1. The van der Waals surface area contributed by atoms with E-state index < -0.39 is 0 Å². The topological polar surface area (TPSA) is 40.7 Å². The van der Waals surface area contributed by atoms with Crippen LogP contribution in [0.4, 0.5) is 5.69 Å². The molecule has 0 aliphatic rings. The lowest BCUT2D eigenvalue weighted by Gasteiger charge is -2.00. The molecule has 0 radical (unpaired) electrons. The van der Waals surface area contributed by atoms with Gasteiger partial charge in [-0.2, -0.15) is 0 Å². The van der Waals surface area contributed by atoms with E-state index in [0.717, 1.165) is 34.0 Å². The number of aromatic amines is 1. The first-order valence-electron chi connectivity index (χ1n) is 6.68. The van der Waals surface area contributed by atoms with Crippen molar-refractivity contribution in [3.05, 3.63) is 60.3 Å². The highest BCUT2D eigenvalue weighted by atomic mass is 14.9. The van der Waals surface area contributed by atoms with Crippen LogP contribution in [0.15, 0.2) is 54.6 Å². The molecule has 3 heteroatoms. The quantitative estimate of drug-likeness (QED) is 0.747. The van der Waals surface area contributed by atoms with Gasteiger partial charge >= 0.3 is 0 Å². The van der Waals surface area contributed by atoms with Crippen molar-refractivity contribution in [2.75, 3.05) is 12.4 Å². The summed E-state index contributed by atoms with van der Waals surface area (Å²) in [6.45, 7) is 2.06. The SMILES string of the molecule is CNc1ccc(-c2nc(-c3ccccc3)c(C)[nH]2)cc1. The van der Waals surface area contributed by atoms with Gasteiger partial charge in [0.15, 0.2) is 0 Å². The molecule has 1 heterocycles. The first-order chi connectivity index (χ1) is 9.78. The second-order valence-corrected chi connectivity index (χ2v) is 4.75. The van der Waals surface area contributed by atoms with Crippen LogP contribution in [0.25, 0.3) is 22.6 Å². The van der Waals surface area contributed by atoms with E-state index in [1.54, 1.807) is 0 Å². The van der Waals surface area contributed by atoms with Crippen LogP contribution >= 0.6 is 0 Å². The Morgan fingerprint density at radius 3 is 2.25 bits per heavy atom. The second kappa shape index (κ2) is 5.21. The number of H-pyrrole nitrogens is 1. The zero-order valence-corrected chi connectivity index (χ0v) is 11.6. The zero-order valence-electron chi connectivity index (χ0n) is 11.6. The molecule has 0 unspecified atom stereocenters. The molecule has 0 aliphatic heterocycles. The van der Waals surface area contributed by atoms with E-state index in [1.807, 2.05) is 25.2 Å². The Morgan fingerprint density at radius 2 is 1.60 bits per heavy atom. The Hall–Kier alpha value is -2.55. The second-order valence-electron chi connectivity index (χ2n) is 4.75. The van der Waals surface area contributed by atoms with E-state index >= 15 is 0 Å². The molecule has 0 saturated carbocycles. The van der Waals surface area contributed by atoms with Gasteiger partial charge in [0.1, 0.15) is 5.82 Å². The number of benzene rings is 2. The number of aromatic nitrogens is 2. The lowest BCUT2D eigenvalue weighted by atomic mass is 10.1. The molecule has 100 valence electrons. The molecule has 0 amide bonds. The largest absolute Gasteiger partial charge is 0.388 e. The van der Waals surface area contributed by atoms with Gasteiger partial charge in [-0.25, -0.2) is 4.98 Å². The van der Waals surface area contributed by atoms with Crippen molar-refractivity contribution in [3.63, 3.8) is 0 Å². The molecule has 0 bridgehead atoms. The maximum Gasteiger partial charge on any atom is 0.138 e. The Kier molecular flexibility index (Phi) is 3.25. The van der Waals surface area contributed by atoms with Gasteiger partial charge in [-0.15, -0.1) is 0 Å². The number of hydrogen-bond donors (Lipinski definition) is 2.